The Labute approximate surface area is 149 Å². The Morgan fingerprint density at radius 2 is 2.25 bits per heavy atom. The Kier molecular flexibility index (Phi) is 5.92. The maximum absolute atomic E-state index is 11.8. The number of aryl methyl sites for hydroxylation is 1. The van der Waals surface area contributed by atoms with Crippen LogP contribution in [0.25, 0.3) is 0 Å². The number of carbonyl (C=O) groups is 1. The van der Waals surface area contributed by atoms with Crippen LogP contribution in [-0.2, 0) is 22.4 Å². The normalized spacial score (nSPS) is 18.4. The third kappa shape index (κ3) is 4.30. The van der Waals surface area contributed by atoms with Crippen molar-refractivity contribution in [3.05, 3.63) is 22.9 Å². The average molecular weight is 346 g/mol. The zero-order chi connectivity index (χ0) is 17.9. The van der Waals surface area contributed by atoms with Gasteiger partial charge >= 0.3 is 5.97 Å². The van der Waals surface area contributed by atoms with Crippen LogP contribution in [0.2, 0.25) is 0 Å². The summed E-state index contributed by atoms with van der Waals surface area (Å²) in [5, 5.41) is 9.76. The fraction of sp³-hybridized carbons (Fsp3) is 0.632. The zero-order valence-electron chi connectivity index (χ0n) is 15.2. The van der Waals surface area contributed by atoms with E-state index in [0.29, 0.717) is 23.1 Å². The summed E-state index contributed by atoms with van der Waals surface area (Å²) < 4.78 is 5.04. The highest BCUT2D eigenvalue weighted by atomic mass is 32.2. The molecule has 0 saturated heterocycles. The SMILES string of the molecule is CCOC(=O)C(C)Sc1nc2c(cc1C#N)CC(C(C)(C)C)CC2. The third-order valence-corrected chi connectivity index (χ3v) is 5.68. The molecule has 1 aromatic heterocycles. The van der Waals surface area contributed by atoms with E-state index in [0.717, 1.165) is 25.0 Å². The molecule has 2 unspecified atom stereocenters. The van der Waals surface area contributed by atoms with Crippen LogP contribution in [0.15, 0.2) is 11.1 Å². The van der Waals surface area contributed by atoms with Gasteiger partial charge in [0.05, 0.1) is 12.2 Å². The van der Waals surface area contributed by atoms with Gasteiger partial charge in [-0.15, -0.1) is 0 Å². The second kappa shape index (κ2) is 7.57. The number of ether oxygens (including phenoxy) is 1. The number of nitriles is 1. The summed E-state index contributed by atoms with van der Waals surface area (Å²) in [4.78, 5) is 16.6. The maximum Gasteiger partial charge on any atom is 0.319 e. The van der Waals surface area contributed by atoms with E-state index in [1.807, 2.05) is 6.07 Å². The van der Waals surface area contributed by atoms with Gasteiger partial charge in [0.1, 0.15) is 16.3 Å². The van der Waals surface area contributed by atoms with Crippen molar-refractivity contribution >= 4 is 17.7 Å². The highest BCUT2D eigenvalue weighted by Crippen LogP contribution is 2.38. The van der Waals surface area contributed by atoms with Crippen molar-refractivity contribution in [2.24, 2.45) is 11.3 Å². The minimum Gasteiger partial charge on any atom is -0.465 e. The van der Waals surface area contributed by atoms with Crippen molar-refractivity contribution in [1.82, 2.24) is 4.98 Å². The highest BCUT2D eigenvalue weighted by molar-refractivity contribution is 8.00. The molecule has 0 bridgehead atoms. The van der Waals surface area contributed by atoms with E-state index in [2.05, 4.69) is 26.8 Å². The molecule has 1 aliphatic rings. The Bertz CT molecular complexity index is 659. The molecule has 1 heterocycles. The van der Waals surface area contributed by atoms with E-state index in [4.69, 9.17) is 9.72 Å². The molecule has 1 aromatic rings. The van der Waals surface area contributed by atoms with Crippen LogP contribution < -0.4 is 0 Å². The number of carbonyl (C=O) groups excluding carboxylic acids is 1. The topological polar surface area (TPSA) is 63.0 Å². The summed E-state index contributed by atoms with van der Waals surface area (Å²) in [7, 11) is 0. The number of pyridine rings is 1. The Morgan fingerprint density at radius 3 is 2.83 bits per heavy atom. The lowest BCUT2D eigenvalue weighted by Crippen LogP contribution is -2.27. The summed E-state index contributed by atoms with van der Waals surface area (Å²) in [6, 6.07) is 4.21. The van der Waals surface area contributed by atoms with E-state index < -0.39 is 0 Å². The van der Waals surface area contributed by atoms with E-state index in [-0.39, 0.29) is 16.6 Å². The number of hydrogen-bond donors (Lipinski definition) is 0. The van der Waals surface area contributed by atoms with E-state index >= 15 is 0 Å². The number of nitrogens with zero attached hydrogens (tertiary/aromatic N) is 2. The first-order valence-corrected chi connectivity index (χ1v) is 9.40. The van der Waals surface area contributed by atoms with Crippen LogP contribution in [-0.4, -0.2) is 22.8 Å². The molecule has 0 saturated carbocycles. The van der Waals surface area contributed by atoms with Gasteiger partial charge in [-0.25, -0.2) is 4.98 Å². The Hall–Kier alpha value is -1.54. The van der Waals surface area contributed by atoms with E-state index in [9.17, 15) is 10.1 Å². The molecular weight excluding hydrogens is 320 g/mol. The van der Waals surface area contributed by atoms with Gasteiger partial charge in [0.2, 0.25) is 0 Å². The van der Waals surface area contributed by atoms with Crippen LogP contribution in [0.3, 0.4) is 0 Å². The third-order valence-electron chi connectivity index (χ3n) is 4.60. The lowest BCUT2D eigenvalue weighted by molar-refractivity contribution is -0.142. The summed E-state index contributed by atoms with van der Waals surface area (Å²) in [6.07, 6.45) is 3.02. The number of aromatic nitrogens is 1. The summed E-state index contributed by atoms with van der Waals surface area (Å²) in [5.74, 6) is 0.342. The van der Waals surface area contributed by atoms with Crippen molar-refractivity contribution < 1.29 is 9.53 Å². The van der Waals surface area contributed by atoms with Gasteiger partial charge in [0, 0.05) is 5.69 Å². The van der Waals surface area contributed by atoms with Gasteiger partial charge in [-0.3, -0.25) is 4.79 Å². The van der Waals surface area contributed by atoms with E-state index in [1.165, 1.54) is 17.3 Å². The molecule has 0 spiro atoms. The first-order chi connectivity index (χ1) is 11.3. The molecule has 0 aliphatic heterocycles. The molecule has 1 aliphatic carbocycles. The minimum absolute atomic E-state index is 0.260. The molecule has 24 heavy (non-hydrogen) atoms. The molecule has 0 N–H and O–H groups in total. The summed E-state index contributed by atoms with van der Waals surface area (Å²) in [5.41, 5.74) is 3.08. The molecule has 0 radical (unpaired) electrons. The van der Waals surface area contributed by atoms with Crippen molar-refractivity contribution in [3.63, 3.8) is 0 Å². The molecule has 2 rings (SSSR count). The fourth-order valence-corrected chi connectivity index (χ4v) is 3.92. The van der Waals surface area contributed by atoms with Gasteiger partial charge in [-0.1, -0.05) is 32.5 Å². The van der Waals surface area contributed by atoms with Crippen LogP contribution in [0.5, 0.6) is 0 Å². The van der Waals surface area contributed by atoms with Gasteiger partial charge < -0.3 is 4.74 Å². The largest absolute Gasteiger partial charge is 0.465 e. The lowest BCUT2D eigenvalue weighted by atomic mass is 9.71. The monoisotopic (exact) mass is 346 g/mol. The predicted molar refractivity (Wildman–Crippen MR) is 95.9 cm³/mol. The quantitative estimate of drug-likeness (QED) is 0.605. The number of fused-ring (bicyclic) bond motifs is 1. The Balaban J connectivity index is 2.24. The number of rotatable bonds is 4. The maximum atomic E-state index is 11.8. The molecule has 4 nitrogen and oxygen atoms in total. The molecule has 130 valence electrons. The lowest BCUT2D eigenvalue weighted by Gasteiger charge is -2.34. The Morgan fingerprint density at radius 1 is 1.54 bits per heavy atom. The second-order valence-corrected chi connectivity index (χ2v) is 8.71. The smallest absolute Gasteiger partial charge is 0.319 e. The van der Waals surface area contributed by atoms with Gasteiger partial charge in [0.15, 0.2) is 0 Å². The van der Waals surface area contributed by atoms with Crippen LogP contribution in [0, 0.1) is 22.7 Å². The highest BCUT2D eigenvalue weighted by Gasteiger charge is 2.30. The molecule has 0 amide bonds. The van der Waals surface area contributed by atoms with Crippen molar-refractivity contribution in [3.8, 4) is 6.07 Å². The standard InChI is InChI=1S/C19H26N2O2S/c1-6-23-18(22)12(2)24-17-14(11-20)9-13-10-15(19(3,4)5)7-8-16(13)21-17/h9,12,15H,6-8,10H2,1-5H3. The number of thioether (sulfide) groups is 1. The van der Waals surface area contributed by atoms with Crippen LogP contribution >= 0.6 is 11.8 Å². The molecule has 2 atom stereocenters. The second-order valence-electron chi connectivity index (χ2n) is 7.38. The average Bonchev–Trinajstić information content (AvgIpc) is 2.52. The summed E-state index contributed by atoms with van der Waals surface area (Å²) >= 11 is 1.31. The number of hydrogen-bond acceptors (Lipinski definition) is 5. The van der Waals surface area contributed by atoms with Crippen molar-refractivity contribution in [2.45, 2.75) is 64.2 Å². The summed E-state index contributed by atoms with van der Waals surface area (Å²) in [6.45, 7) is 10.8. The van der Waals surface area contributed by atoms with Crippen LogP contribution in [0.4, 0.5) is 0 Å². The number of esters is 1. The zero-order valence-corrected chi connectivity index (χ0v) is 16.0. The molecule has 0 aromatic carbocycles. The molecular formula is C19H26N2O2S. The fourth-order valence-electron chi connectivity index (χ4n) is 3.03. The van der Waals surface area contributed by atoms with Gasteiger partial charge in [-0.05, 0) is 56.1 Å². The predicted octanol–water partition coefficient (Wildman–Crippen LogP) is 4.15. The van der Waals surface area contributed by atoms with Crippen molar-refractivity contribution in [1.29, 1.82) is 5.26 Å². The first-order valence-electron chi connectivity index (χ1n) is 8.52. The van der Waals surface area contributed by atoms with Gasteiger partial charge in [-0.2, -0.15) is 5.26 Å². The molecule has 5 heteroatoms. The first kappa shape index (κ1) is 18.8. The minimum atomic E-state index is -0.367. The van der Waals surface area contributed by atoms with Crippen LogP contribution in [0.1, 0.15) is 57.9 Å². The van der Waals surface area contributed by atoms with E-state index in [1.54, 1.807) is 13.8 Å². The van der Waals surface area contributed by atoms with Gasteiger partial charge in [0.25, 0.3) is 0 Å². The van der Waals surface area contributed by atoms with Crippen molar-refractivity contribution in [2.75, 3.05) is 6.61 Å². The molecule has 0 fully saturated rings.